The van der Waals surface area contributed by atoms with E-state index in [0.29, 0.717) is 11.3 Å². The van der Waals surface area contributed by atoms with Crippen molar-refractivity contribution in [1.29, 1.82) is 0 Å². The first-order valence-electron chi connectivity index (χ1n) is 6.78. The summed E-state index contributed by atoms with van der Waals surface area (Å²) < 4.78 is 0. The Labute approximate surface area is 118 Å². The molecule has 0 spiro atoms. The molecule has 1 aromatic heterocycles. The van der Waals surface area contributed by atoms with Crippen molar-refractivity contribution < 1.29 is 4.79 Å². The molecular formula is C16H17N3O. The van der Waals surface area contributed by atoms with Gasteiger partial charge in [0.15, 0.2) is 0 Å². The fourth-order valence-electron chi connectivity index (χ4n) is 2.65. The molecule has 0 unspecified atom stereocenters. The molecule has 1 amide bonds. The monoisotopic (exact) mass is 267 g/mol. The number of para-hydroxylation sites is 1. The Morgan fingerprint density at radius 3 is 2.95 bits per heavy atom. The van der Waals surface area contributed by atoms with Crippen LogP contribution >= 0.6 is 0 Å². The summed E-state index contributed by atoms with van der Waals surface area (Å²) in [6.07, 6.45) is 3.56. The lowest BCUT2D eigenvalue weighted by Crippen LogP contribution is -2.35. The number of benzene rings is 1. The molecule has 102 valence electrons. The number of anilines is 2. The quantitative estimate of drug-likeness (QED) is 0.863. The fourth-order valence-corrected chi connectivity index (χ4v) is 2.65. The van der Waals surface area contributed by atoms with Gasteiger partial charge in [0, 0.05) is 29.8 Å². The van der Waals surface area contributed by atoms with E-state index >= 15 is 0 Å². The first kappa shape index (κ1) is 12.7. The van der Waals surface area contributed by atoms with E-state index in [1.807, 2.05) is 30.0 Å². The summed E-state index contributed by atoms with van der Waals surface area (Å²) in [6.45, 7) is 2.59. The van der Waals surface area contributed by atoms with Gasteiger partial charge in [-0.25, -0.2) is 0 Å². The molecule has 1 aliphatic rings. The van der Waals surface area contributed by atoms with E-state index in [4.69, 9.17) is 5.73 Å². The number of nitrogens with zero attached hydrogens (tertiary/aromatic N) is 2. The second kappa shape index (κ2) is 4.96. The Balaban J connectivity index is 2.00. The lowest BCUT2D eigenvalue weighted by atomic mass is 10.0. The van der Waals surface area contributed by atoms with Gasteiger partial charge in [0.2, 0.25) is 0 Å². The standard InChI is InChI=1S/C16H17N3O/c1-11-9-14(17)13(10-18-11)16(20)19-8-4-6-12-5-2-3-7-15(12)19/h2-3,5,7,9-10H,4,6,8H2,1H3,(H2,17,18). The van der Waals surface area contributed by atoms with Crippen molar-refractivity contribution in [1.82, 2.24) is 4.98 Å². The molecule has 0 bridgehead atoms. The normalized spacial score (nSPS) is 13.9. The summed E-state index contributed by atoms with van der Waals surface area (Å²) >= 11 is 0. The molecule has 0 radical (unpaired) electrons. The van der Waals surface area contributed by atoms with Gasteiger partial charge in [-0.15, -0.1) is 0 Å². The molecule has 4 nitrogen and oxygen atoms in total. The highest BCUT2D eigenvalue weighted by molar-refractivity contribution is 6.09. The number of pyridine rings is 1. The van der Waals surface area contributed by atoms with Crippen LogP contribution in [-0.4, -0.2) is 17.4 Å². The van der Waals surface area contributed by atoms with Gasteiger partial charge in [-0.05, 0) is 37.5 Å². The van der Waals surface area contributed by atoms with Crippen molar-refractivity contribution >= 4 is 17.3 Å². The molecule has 2 N–H and O–H groups in total. The van der Waals surface area contributed by atoms with E-state index < -0.39 is 0 Å². The van der Waals surface area contributed by atoms with Gasteiger partial charge in [0.25, 0.3) is 5.91 Å². The summed E-state index contributed by atoms with van der Waals surface area (Å²) in [5.74, 6) is -0.0675. The first-order valence-corrected chi connectivity index (χ1v) is 6.78. The second-order valence-corrected chi connectivity index (χ2v) is 5.10. The number of hydrogen-bond acceptors (Lipinski definition) is 3. The molecule has 0 aliphatic carbocycles. The van der Waals surface area contributed by atoms with Crippen LogP contribution in [0.25, 0.3) is 0 Å². The van der Waals surface area contributed by atoms with Crippen molar-refractivity contribution in [3.05, 3.63) is 53.3 Å². The van der Waals surface area contributed by atoms with Gasteiger partial charge in [0.1, 0.15) is 0 Å². The van der Waals surface area contributed by atoms with Gasteiger partial charge in [0.05, 0.1) is 5.56 Å². The summed E-state index contributed by atoms with van der Waals surface area (Å²) in [4.78, 5) is 18.7. The predicted molar refractivity (Wildman–Crippen MR) is 79.8 cm³/mol. The van der Waals surface area contributed by atoms with Crippen molar-refractivity contribution in [2.24, 2.45) is 0 Å². The van der Waals surface area contributed by atoms with Crippen molar-refractivity contribution in [2.75, 3.05) is 17.2 Å². The Hall–Kier alpha value is -2.36. The number of carbonyl (C=O) groups is 1. The molecule has 2 aromatic rings. The Bertz CT molecular complexity index is 667. The second-order valence-electron chi connectivity index (χ2n) is 5.10. The summed E-state index contributed by atoms with van der Waals surface area (Å²) in [5, 5.41) is 0. The molecule has 1 aliphatic heterocycles. The Morgan fingerprint density at radius 1 is 1.35 bits per heavy atom. The molecular weight excluding hydrogens is 250 g/mol. The highest BCUT2D eigenvalue weighted by Crippen LogP contribution is 2.28. The number of amides is 1. The third-order valence-electron chi connectivity index (χ3n) is 3.66. The minimum Gasteiger partial charge on any atom is -0.398 e. The van der Waals surface area contributed by atoms with Gasteiger partial charge in [-0.1, -0.05) is 18.2 Å². The van der Waals surface area contributed by atoms with E-state index in [1.165, 1.54) is 5.56 Å². The number of fused-ring (bicyclic) bond motifs is 1. The third-order valence-corrected chi connectivity index (χ3v) is 3.66. The molecule has 0 saturated carbocycles. The maximum absolute atomic E-state index is 12.7. The number of aryl methyl sites for hydroxylation is 2. The van der Waals surface area contributed by atoms with Crippen LogP contribution in [0.5, 0.6) is 0 Å². The van der Waals surface area contributed by atoms with Gasteiger partial charge >= 0.3 is 0 Å². The zero-order valence-electron chi connectivity index (χ0n) is 11.5. The van der Waals surface area contributed by atoms with Crippen molar-refractivity contribution in [3.8, 4) is 0 Å². The van der Waals surface area contributed by atoms with Crippen molar-refractivity contribution in [2.45, 2.75) is 19.8 Å². The number of aromatic nitrogens is 1. The minimum atomic E-state index is -0.0675. The van der Waals surface area contributed by atoms with Crippen LogP contribution in [0.3, 0.4) is 0 Å². The molecule has 0 saturated heterocycles. The average Bonchev–Trinajstić information content (AvgIpc) is 2.46. The predicted octanol–water partition coefficient (Wildman–Crippen LogP) is 2.57. The summed E-state index contributed by atoms with van der Waals surface area (Å²) in [5.41, 5.74) is 9.95. The molecule has 20 heavy (non-hydrogen) atoms. The summed E-state index contributed by atoms with van der Waals surface area (Å²) in [7, 11) is 0. The fraction of sp³-hybridized carbons (Fsp3) is 0.250. The van der Waals surface area contributed by atoms with Crippen LogP contribution < -0.4 is 10.6 Å². The van der Waals surface area contributed by atoms with Crippen LogP contribution in [-0.2, 0) is 6.42 Å². The van der Waals surface area contributed by atoms with Crippen LogP contribution in [0.15, 0.2) is 36.5 Å². The van der Waals surface area contributed by atoms with Gasteiger partial charge in [-0.2, -0.15) is 0 Å². The van der Waals surface area contributed by atoms with Crippen LogP contribution in [0, 0.1) is 6.92 Å². The topological polar surface area (TPSA) is 59.2 Å². The van der Waals surface area contributed by atoms with Gasteiger partial charge in [-0.3, -0.25) is 9.78 Å². The molecule has 0 atom stereocenters. The summed E-state index contributed by atoms with van der Waals surface area (Å²) in [6, 6.07) is 9.77. The lowest BCUT2D eigenvalue weighted by molar-refractivity contribution is 0.0985. The van der Waals surface area contributed by atoms with E-state index in [1.54, 1.807) is 12.3 Å². The molecule has 2 heterocycles. The van der Waals surface area contributed by atoms with E-state index in [0.717, 1.165) is 30.8 Å². The number of carbonyl (C=O) groups excluding carboxylic acids is 1. The number of nitrogen functional groups attached to an aromatic ring is 1. The number of nitrogens with two attached hydrogens (primary N) is 1. The third kappa shape index (κ3) is 2.13. The Kier molecular flexibility index (Phi) is 3.14. The van der Waals surface area contributed by atoms with Gasteiger partial charge < -0.3 is 10.6 Å². The smallest absolute Gasteiger partial charge is 0.261 e. The maximum Gasteiger partial charge on any atom is 0.261 e. The van der Waals surface area contributed by atoms with E-state index in [-0.39, 0.29) is 5.91 Å². The van der Waals surface area contributed by atoms with Crippen LogP contribution in [0.4, 0.5) is 11.4 Å². The highest BCUT2D eigenvalue weighted by atomic mass is 16.2. The van der Waals surface area contributed by atoms with Crippen molar-refractivity contribution in [3.63, 3.8) is 0 Å². The number of rotatable bonds is 1. The molecule has 4 heteroatoms. The highest BCUT2D eigenvalue weighted by Gasteiger charge is 2.24. The van der Waals surface area contributed by atoms with Crippen LogP contribution in [0.2, 0.25) is 0 Å². The Morgan fingerprint density at radius 2 is 2.15 bits per heavy atom. The zero-order chi connectivity index (χ0) is 14.1. The largest absolute Gasteiger partial charge is 0.398 e. The minimum absolute atomic E-state index is 0.0675. The first-order chi connectivity index (χ1) is 9.66. The maximum atomic E-state index is 12.7. The van der Waals surface area contributed by atoms with E-state index in [2.05, 4.69) is 11.1 Å². The lowest BCUT2D eigenvalue weighted by Gasteiger charge is -2.29. The van der Waals surface area contributed by atoms with Crippen LogP contribution in [0.1, 0.15) is 28.0 Å². The molecule has 3 rings (SSSR count). The molecule has 0 fully saturated rings. The zero-order valence-corrected chi connectivity index (χ0v) is 11.5. The number of hydrogen-bond donors (Lipinski definition) is 1. The molecule has 1 aromatic carbocycles. The average molecular weight is 267 g/mol. The SMILES string of the molecule is Cc1cc(N)c(C(=O)N2CCCc3ccccc32)cn1. The van der Waals surface area contributed by atoms with E-state index in [9.17, 15) is 4.79 Å².